The number of methoxy groups -OCH3 is 3. The molecule has 0 aliphatic heterocycles. The summed E-state index contributed by atoms with van der Waals surface area (Å²) in [6.07, 6.45) is 1.58. The Morgan fingerprint density at radius 1 is 0.806 bits per heavy atom. The summed E-state index contributed by atoms with van der Waals surface area (Å²) in [5.74, 6) is 1.48. The molecule has 4 aromatic rings. The molecule has 0 unspecified atom stereocenters. The number of hydrogen-bond donors (Lipinski definition) is 1. The third-order valence-corrected chi connectivity index (χ3v) is 5.12. The maximum absolute atomic E-state index is 12.8. The van der Waals surface area contributed by atoms with Crippen LogP contribution in [0.1, 0.15) is 15.9 Å². The number of nitrogens with zero attached hydrogens (tertiary/aromatic N) is 1. The number of nitrogens with one attached hydrogen (secondary N) is 1. The standard InChI is InChI=1S/C25H22N2O4/c1-29-19-10-8-16-9-11-23(30-2)22(20(16)14-19)15-26-27-25(28)21-12-17-6-4-5-7-18(17)13-24(21)31-3/h4-15H,1-3H3,(H,27,28)/b26-15-. The van der Waals surface area contributed by atoms with E-state index in [2.05, 4.69) is 10.5 Å². The van der Waals surface area contributed by atoms with E-state index in [9.17, 15) is 4.79 Å². The van der Waals surface area contributed by atoms with Gasteiger partial charge in [0, 0.05) is 5.56 Å². The summed E-state index contributed by atoms with van der Waals surface area (Å²) in [5.41, 5.74) is 3.74. The van der Waals surface area contributed by atoms with Crippen molar-refractivity contribution in [1.82, 2.24) is 5.43 Å². The highest BCUT2D eigenvalue weighted by Gasteiger charge is 2.14. The van der Waals surface area contributed by atoms with E-state index in [0.29, 0.717) is 17.1 Å². The lowest BCUT2D eigenvalue weighted by atomic mass is 10.0. The molecule has 6 heteroatoms. The van der Waals surface area contributed by atoms with Gasteiger partial charge in [0.2, 0.25) is 0 Å². The average molecular weight is 414 g/mol. The number of amides is 1. The van der Waals surface area contributed by atoms with E-state index >= 15 is 0 Å². The monoisotopic (exact) mass is 414 g/mol. The topological polar surface area (TPSA) is 69.2 Å². The Morgan fingerprint density at radius 3 is 2.23 bits per heavy atom. The van der Waals surface area contributed by atoms with Crippen LogP contribution < -0.4 is 19.6 Å². The second-order valence-corrected chi connectivity index (χ2v) is 6.87. The molecule has 0 aliphatic rings. The minimum absolute atomic E-state index is 0.365. The van der Waals surface area contributed by atoms with Crippen molar-refractivity contribution in [3.63, 3.8) is 0 Å². The molecular weight excluding hydrogens is 392 g/mol. The summed E-state index contributed by atoms with van der Waals surface area (Å²) in [4.78, 5) is 12.8. The molecule has 1 amide bonds. The molecule has 0 saturated heterocycles. The van der Waals surface area contributed by atoms with Crippen molar-refractivity contribution in [2.45, 2.75) is 0 Å². The van der Waals surface area contributed by atoms with E-state index in [1.54, 1.807) is 33.6 Å². The Morgan fingerprint density at radius 2 is 1.52 bits per heavy atom. The molecule has 6 nitrogen and oxygen atoms in total. The van der Waals surface area contributed by atoms with Gasteiger partial charge in [-0.3, -0.25) is 4.79 Å². The molecule has 0 fully saturated rings. The third kappa shape index (κ3) is 4.00. The van der Waals surface area contributed by atoms with Gasteiger partial charge in [0.05, 0.1) is 33.1 Å². The first-order valence-electron chi connectivity index (χ1n) is 9.69. The van der Waals surface area contributed by atoms with E-state index < -0.39 is 0 Å². The van der Waals surface area contributed by atoms with E-state index in [1.807, 2.05) is 60.7 Å². The number of carbonyl (C=O) groups is 1. The van der Waals surface area contributed by atoms with Crippen LogP contribution in [0.5, 0.6) is 17.2 Å². The zero-order valence-corrected chi connectivity index (χ0v) is 17.5. The molecule has 0 atom stereocenters. The Kier molecular flexibility index (Phi) is 5.71. The highest BCUT2D eigenvalue weighted by Crippen LogP contribution is 2.30. The van der Waals surface area contributed by atoms with Crippen molar-refractivity contribution in [2.75, 3.05) is 21.3 Å². The Hall–Kier alpha value is -4.06. The van der Waals surface area contributed by atoms with Gasteiger partial charge in [-0.15, -0.1) is 0 Å². The van der Waals surface area contributed by atoms with Crippen molar-refractivity contribution in [3.8, 4) is 17.2 Å². The molecule has 0 spiro atoms. The summed E-state index contributed by atoms with van der Waals surface area (Å²) in [7, 11) is 4.75. The first kappa shape index (κ1) is 20.2. The summed E-state index contributed by atoms with van der Waals surface area (Å²) in [6, 6.07) is 21.0. The zero-order chi connectivity index (χ0) is 21.8. The minimum Gasteiger partial charge on any atom is -0.497 e. The summed E-state index contributed by atoms with van der Waals surface area (Å²) in [6.45, 7) is 0. The van der Waals surface area contributed by atoms with Crippen molar-refractivity contribution in [3.05, 3.63) is 77.9 Å². The average Bonchev–Trinajstić information content (AvgIpc) is 2.82. The van der Waals surface area contributed by atoms with Gasteiger partial charge in [-0.1, -0.05) is 36.4 Å². The smallest absolute Gasteiger partial charge is 0.275 e. The second kappa shape index (κ2) is 8.75. The fraction of sp³-hybridized carbons (Fsp3) is 0.120. The molecule has 31 heavy (non-hydrogen) atoms. The molecule has 1 N–H and O–H groups in total. The van der Waals surface area contributed by atoms with Crippen LogP contribution in [0, 0.1) is 0 Å². The first-order valence-corrected chi connectivity index (χ1v) is 9.69. The maximum Gasteiger partial charge on any atom is 0.275 e. The van der Waals surface area contributed by atoms with Gasteiger partial charge in [0.25, 0.3) is 5.91 Å². The number of carbonyl (C=O) groups excluding carboxylic acids is 1. The van der Waals surface area contributed by atoms with Crippen LogP contribution in [0.2, 0.25) is 0 Å². The lowest BCUT2D eigenvalue weighted by molar-refractivity contribution is 0.0952. The molecule has 0 aliphatic carbocycles. The Balaban J connectivity index is 1.66. The van der Waals surface area contributed by atoms with Gasteiger partial charge in [-0.2, -0.15) is 5.10 Å². The number of hydrazone groups is 1. The molecule has 156 valence electrons. The number of fused-ring (bicyclic) bond motifs is 2. The fourth-order valence-corrected chi connectivity index (χ4v) is 3.52. The highest BCUT2D eigenvalue weighted by molar-refractivity contribution is 6.05. The second-order valence-electron chi connectivity index (χ2n) is 6.87. The summed E-state index contributed by atoms with van der Waals surface area (Å²) in [5, 5.41) is 8.03. The van der Waals surface area contributed by atoms with Gasteiger partial charge < -0.3 is 14.2 Å². The van der Waals surface area contributed by atoms with E-state index in [-0.39, 0.29) is 5.91 Å². The van der Waals surface area contributed by atoms with Crippen LogP contribution in [0.25, 0.3) is 21.5 Å². The van der Waals surface area contributed by atoms with Gasteiger partial charge in [0.1, 0.15) is 17.2 Å². The molecule has 0 bridgehead atoms. The molecule has 0 aromatic heterocycles. The van der Waals surface area contributed by atoms with Crippen molar-refractivity contribution < 1.29 is 19.0 Å². The third-order valence-electron chi connectivity index (χ3n) is 5.12. The van der Waals surface area contributed by atoms with Gasteiger partial charge >= 0.3 is 0 Å². The van der Waals surface area contributed by atoms with Gasteiger partial charge in [-0.05, 0) is 51.9 Å². The largest absolute Gasteiger partial charge is 0.497 e. The van der Waals surface area contributed by atoms with Crippen molar-refractivity contribution in [1.29, 1.82) is 0 Å². The number of hydrogen-bond acceptors (Lipinski definition) is 5. The quantitative estimate of drug-likeness (QED) is 0.364. The maximum atomic E-state index is 12.8. The summed E-state index contributed by atoms with van der Waals surface area (Å²) >= 11 is 0. The summed E-state index contributed by atoms with van der Waals surface area (Å²) < 4.78 is 16.2. The molecule has 0 heterocycles. The first-order chi connectivity index (χ1) is 15.1. The van der Waals surface area contributed by atoms with Gasteiger partial charge in [0.15, 0.2) is 0 Å². The van der Waals surface area contributed by atoms with Crippen molar-refractivity contribution >= 4 is 33.7 Å². The predicted molar refractivity (Wildman–Crippen MR) is 123 cm³/mol. The number of rotatable bonds is 6. The fourth-order valence-electron chi connectivity index (χ4n) is 3.52. The molecule has 0 radical (unpaired) electrons. The lowest BCUT2D eigenvalue weighted by Gasteiger charge is -2.11. The van der Waals surface area contributed by atoms with E-state index in [4.69, 9.17) is 14.2 Å². The molecule has 4 rings (SSSR count). The Bertz CT molecular complexity index is 1290. The van der Waals surface area contributed by atoms with Crippen LogP contribution in [0.3, 0.4) is 0 Å². The lowest BCUT2D eigenvalue weighted by Crippen LogP contribution is -2.18. The SMILES string of the molecule is COc1ccc2ccc(OC)c(/C=N\NC(=O)c3cc4ccccc4cc3OC)c2c1. The van der Waals surface area contributed by atoms with E-state index in [0.717, 1.165) is 32.9 Å². The minimum atomic E-state index is -0.365. The molecule has 4 aromatic carbocycles. The van der Waals surface area contributed by atoms with Crippen LogP contribution in [0.4, 0.5) is 0 Å². The molecule has 0 saturated carbocycles. The van der Waals surface area contributed by atoms with Crippen LogP contribution in [0.15, 0.2) is 71.8 Å². The van der Waals surface area contributed by atoms with Gasteiger partial charge in [-0.25, -0.2) is 5.43 Å². The Labute approximate surface area is 180 Å². The van der Waals surface area contributed by atoms with Crippen LogP contribution in [-0.4, -0.2) is 33.5 Å². The number of benzene rings is 4. The normalized spacial score (nSPS) is 11.1. The van der Waals surface area contributed by atoms with Crippen LogP contribution >= 0.6 is 0 Å². The zero-order valence-electron chi connectivity index (χ0n) is 17.5. The predicted octanol–water partition coefficient (Wildman–Crippen LogP) is 4.78. The molecular formula is C25H22N2O4. The number of ether oxygens (including phenoxy) is 3. The van der Waals surface area contributed by atoms with E-state index in [1.165, 1.54) is 0 Å². The highest BCUT2D eigenvalue weighted by atomic mass is 16.5. The van der Waals surface area contributed by atoms with Crippen LogP contribution in [-0.2, 0) is 0 Å². The van der Waals surface area contributed by atoms with Crippen molar-refractivity contribution in [2.24, 2.45) is 5.10 Å².